The summed E-state index contributed by atoms with van der Waals surface area (Å²) in [7, 11) is 1.59. The molecule has 3 N–H and O–H groups in total. The molecule has 25 heavy (non-hydrogen) atoms. The number of methoxy groups -OCH3 is 1. The first kappa shape index (κ1) is 17.0. The van der Waals surface area contributed by atoms with Crippen LogP contribution in [0, 0.1) is 12.7 Å². The maximum Gasteiger partial charge on any atom is 0.257 e. The third kappa shape index (κ3) is 3.64. The Morgan fingerprint density at radius 2 is 2.12 bits per heavy atom. The van der Waals surface area contributed by atoms with E-state index in [0.29, 0.717) is 30.1 Å². The van der Waals surface area contributed by atoms with E-state index in [1.807, 2.05) is 25.1 Å². The van der Waals surface area contributed by atoms with Gasteiger partial charge in [0, 0.05) is 36.8 Å². The van der Waals surface area contributed by atoms with Crippen LogP contribution in [0.2, 0.25) is 0 Å². The molecule has 0 aliphatic carbocycles. The normalized spacial score (nSPS) is 14.4. The molecule has 1 amide bonds. The minimum Gasteiger partial charge on any atom is -0.383 e. The second kappa shape index (κ2) is 7.36. The Bertz CT molecular complexity index is 833. The third-order valence-corrected chi connectivity index (χ3v) is 4.01. The van der Waals surface area contributed by atoms with Gasteiger partial charge in [-0.05, 0) is 36.8 Å². The second-order valence-corrected chi connectivity index (χ2v) is 5.77. The smallest absolute Gasteiger partial charge is 0.257 e. The van der Waals surface area contributed by atoms with Crippen LogP contribution >= 0.6 is 0 Å². The summed E-state index contributed by atoms with van der Waals surface area (Å²) in [6, 6.07) is 10.5. The zero-order valence-corrected chi connectivity index (χ0v) is 14.2. The molecular formula is C19H20FN3O2. The number of aryl methyl sites for hydroxylation is 1. The van der Waals surface area contributed by atoms with Gasteiger partial charge in [-0.15, -0.1) is 0 Å². The first-order valence-corrected chi connectivity index (χ1v) is 8.00. The molecule has 0 bridgehead atoms. The molecular weight excluding hydrogens is 321 g/mol. The van der Waals surface area contributed by atoms with Crippen molar-refractivity contribution in [1.29, 1.82) is 0 Å². The number of hydrogen-bond donors (Lipinski definition) is 3. The van der Waals surface area contributed by atoms with E-state index < -0.39 is 0 Å². The Kier molecular flexibility index (Phi) is 5.00. The van der Waals surface area contributed by atoms with Crippen molar-refractivity contribution in [2.75, 3.05) is 36.2 Å². The van der Waals surface area contributed by atoms with E-state index in [1.165, 1.54) is 6.07 Å². The van der Waals surface area contributed by atoms with Gasteiger partial charge in [-0.1, -0.05) is 12.1 Å². The summed E-state index contributed by atoms with van der Waals surface area (Å²) in [4.78, 5) is 12.2. The van der Waals surface area contributed by atoms with E-state index in [-0.39, 0.29) is 11.7 Å². The van der Waals surface area contributed by atoms with Crippen molar-refractivity contribution in [2.24, 2.45) is 0 Å². The van der Waals surface area contributed by atoms with Gasteiger partial charge in [0.15, 0.2) is 0 Å². The van der Waals surface area contributed by atoms with Crippen molar-refractivity contribution in [1.82, 2.24) is 0 Å². The van der Waals surface area contributed by atoms with Gasteiger partial charge in [-0.25, -0.2) is 4.39 Å². The van der Waals surface area contributed by atoms with Crippen LogP contribution in [0.25, 0.3) is 5.57 Å². The molecule has 6 heteroatoms. The van der Waals surface area contributed by atoms with Crippen LogP contribution in [0.1, 0.15) is 11.1 Å². The molecule has 2 aromatic rings. The number of amides is 1. The number of carbonyl (C=O) groups is 1. The van der Waals surface area contributed by atoms with Gasteiger partial charge in [0.05, 0.1) is 17.9 Å². The summed E-state index contributed by atoms with van der Waals surface area (Å²) in [6.45, 7) is 2.98. The summed E-state index contributed by atoms with van der Waals surface area (Å²) in [5.41, 5.74) is 4.19. The van der Waals surface area contributed by atoms with Crippen molar-refractivity contribution in [3.05, 3.63) is 59.5 Å². The number of nitrogens with one attached hydrogen (secondary N) is 3. The number of carbonyl (C=O) groups excluding carboxylic acids is 1. The number of fused-ring (bicyclic) bond motifs is 1. The van der Waals surface area contributed by atoms with Crippen LogP contribution < -0.4 is 16.0 Å². The first-order chi connectivity index (χ1) is 12.1. The Balaban J connectivity index is 1.77. The maximum absolute atomic E-state index is 14.1. The lowest BCUT2D eigenvalue weighted by atomic mass is 10.0. The molecule has 0 spiro atoms. The fourth-order valence-electron chi connectivity index (χ4n) is 2.76. The van der Waals surface area contributed by atoms with Gasteiger partial charge in [0.25, 0.3) is 5.91 Å². The zero-order chi connectivity index (χ0) is 17.8. The largest absolute Gasteiger partial charge is 0.383 e. The van der Waals surface area contributed by atoms with Gasteiger partial charge in [-0.3, -0.25) is 4.79 Å². The van der Waals surface area contributed by atoms with Crippen molar-refractivity contribution in [3.63, 3.8) is 0 Å². The molecule has 1 heterocycles. The molecule has 2 aromatic carbocycles. The van der Waals surface area contributed by atoms with E-state index >= 15 is 0 Å². The molecule has 5 nitrogen and oxygen atoms in total. The maximum atomic E-state index is 14.1. The van der Waals surface area contributed by atoms with E-state index in [2.05, 4.69) is 16.0 Å². The highest BCUT2D eigenvalue weighted by atomic mass is 19.1. The molecule has 0 aromatic heterocycles. The zero-order valence-electron chi connectivity index (χ0n) is 14.2. The lowest BCUT2D eigenvalue weighted by molar-refractivity contribution is -0.110. The second-order valence-electron chi connectivity index (χ2n) is 5.77. The lowest BCUT2D eigenvalue weighted by Gasteiger charge is -2.09. The highest BCUT2D eigenvalue weighted by molar-refractivity contribution is 6.32. The van der Waals surface area contributed by atoms with Crippen molar-refractivity contribution in [2.45, 2.75) is 6.92 Å². The van der Waals surface area contributed by atoms with Crippen LogP contribution in [-0.4, -0.2) is 26.2 Å². The van der Waals surface area contributed by atoms with E-state index in [0.717, 1.165) is 16.8 Å². The Morgan fingerprint density at radius 1 is 1.28 bits per heavy atom. The van der Waals surface area contributed by atoms with E-state index in [4.69, 9.17) is 4.74 Å². The minimum atomic E-state index is -0.369. The molecule has 1 aliphatic heterocycles. The topological polar surface area (TPSA) is 62.4 Å². The Labute approximate surface area is 145 Å². The monoisotopic (exact) mass is 341 g/mol. The molecule has 0 saturated carbocycles. The summed E-state index contributed by atoms with van der Waals surface area (Å²) in [5.74, 6) is -0.540. The van der Waals surface area contributed by atoms with Crippen LogP contribution in [0.4, 0.5) is 21.5 Å². The van der Waals surface area contributed by atoms with Gasteiger partial charge in [0.2, 0.25) is 0 Å². The third-order valence-electron chi connectivity index (χ3n) is 4.01. The number of halogens is 1. The Morgan fingerprint density at radius 3 is 2.88 bits per heavy atom. The highest BCUT2D eigenvalue weighted by Gasteiger charge is 2.25. The number of hydrogen-bond acceptors (Lipinski definition) is 4. The van der Waals surface area contributed by atoms with Crippen molar-refractivity contribution >= 4 is 28.5 Å². The molecule has 130 valence electrons. The standard InChI is InChI=1S/C19H20FN3O2/c1-12-4-3-5-17-18(12)14(19(24)23-17)11-22-13-6-7-16(15(20)10-13)21-8-9-25-2/h3-7,10-11,21-22H,8-9H2,1-2H3,(H,23,24)/b14-11+. The summed E-state index contributed by atoms with van der Waals surface area (Å²) in [5, 5.41) is 8.79. The fraction of sp³-hybridized carbons (Fsp3) is 0.211. The number of rotatable bonds is 6. The summed E-state index contributed by atoms with van der Waals surface area (Å²) >= 11 is 0. The fourth-order valence-corrected chi connectivity index (χ4v) is 2.76. The predicted molar refractivity (Wildman–Crippen MR) is 98.2 cm³/mol. The molecule has 0 atom stereocenters. The molecule has 0 fully saturated rings. The quantitative estimate of drug-likeness (QED) is 0.555. The van der Waals surface area contributed by atoms with E-state index in [9.17, 15) is 9.18 Å². The van der Waals surface area contributed by atoms with Crippen LogP contribution in [0.3, 0.4) is 0 Å². The highest BCUT2D eigenvalue weighted by Crippen LogP contribution is 2.34. The minimum absolute atomic E-state index is 0.171. The van der Waals surface area contributed by atoms with Crippen molar-refractivity contribution < 1.29 is 13.9 Å². The summed E-state index contributed by atoms with van der Waals surface area (Å²) < 4.78 is 19.0. The van der Waals surface area contributed by atoms with Gasteiger partial charge in [-0.2, -0.15) is 0 Å². The average Bonchev–Trinajstić information content (AvgIpc) is 2.91. The SMILES string of the molecule is COCCNc1ccc(N/C=C2/C(=O)Nc3cccc(C)c32)cc1F. The van der Waals surface area contributed by atoms with Crippen LogP contribution in [0.15, 0.2) is 42.6 Å². The molecule has 0 radical (unpaired) electrons. The number of ether oxygens (including phenoxy) is 1. The van der Waals surface area contributed by atoms with Crippen LogP contribution in [0.5, 0.6) is 0 Å². The number of anilines is 3. The van der Waals surface area contributed by atoms with Crippen LogP contribution in [-0.2, 0) is 9.53 Å². The summed E-state index contributed by atoms with van der Waals surface area (Å²) in [6.07, 6.45) is 1.61. The molecule has 0 saturated heterocycles. The predicted octanol–water partition coefficient (Wildman–Crippen LogP) is 3.60. The lowest BCUT2D eigenvalue weighted by Crippen LogP contribution is -2.09. The number of benzene rings is 2. The van der Waals surface area contributed by atoms with Gasteiger partial charge >= 0.3 is 0 Å². The van der Waals surface area contributed by atoms with E-state index in [1.54, 1.807) is 25.4 Å². The Hall–Kier alpha value is -2.86. The molecule has 3 rings (SSSR count). The van der Waals surface area contributed by atoms with Gasteiger partial charge in [0.1, 0.15) is 5.82 Å². The first-order valence-electron chi connectivity index (χ1n) is 8.00. The molecule has 0 unspecified atom stereocenters. The van der Waals surface area contributed by atoms with Crippen molar-refractivity contribution in [3.8, 4) is 0 Å². The average molecular weight is 341 g/mol. The molecule has 1 aliphatic rings. The van der Waals surface area contributed by atoms with Gasteiger partial charge < -0.3 is 20.7 Å².